The summed E-state index contributed by atoms with van der Waals surface area (Å²) in [6.45, 7) is 7.00. The number of benzene rings is 1. The Morgan fingerprint density at radius 3 is 2.88 bits per heavy atom. The highest BCUT2D eigenvalue weighted by Gasteiger charge is 2.23. The molecule has 1 aromatic rings. The van der Waals surface area contributed by atoms with Gasteiger partial charge in [-0.15, -0.1) is 0 Å². The summed E-state index contributed by atoms with van der Waals surface area (Å²) in [5.74, 6) is 0.653. The Morgan fingerprint density at radius 2 is 2.06 bits per heavy atom. The monoisotopic (exact) mass is 216 g/mol. The molecule has 1 saturated heterocycles. The lowest BCUT2D eigenvalue weighted by Gasteiger charge is -2.30. The average molecular weight is 216 g/mol. The van der Waals surface area contributed by atoms with Gasteiger partial charge in [-0.1, -0.05) is 19.1 Å². The number of anilines is 1. The zero-order valence-corrected chi connectivity index (χ0v) is 10.00. The van der Waals surface area contributed by atoms with Gasteiger partial charge in [-0.25, -0.2) is 0 Å². The normalized spacial score (nSPS) is 24.6. The van der Waals surface area contributed by atoms with Crippen molar-refractivity contribution in [2.75, 3.05) is 24.5 Å². The molecule has 0 aliphatic carbocycles. The first-order chi connectivity index (χ1) is 7.86. The van der Waals surface area contributed by atoms with Crippen LogP contribution < -0.4 is 10.2 Å². The van der Waals surface area contributed by atoms with E-state index in [0.29, 0.717) is 5.92 Å². The van der Waals surface area contributed by atoms with Gasteiger partial charge in [0.1, 0.15) is 0 Å². The molecule has 0 amide bonds. The van der Waals surface area contributed by atoms with Crippen LogP contribution in [0.15, 0.2) is 18.2 Å². The molecular formula is C14H20N2. The minimum Gasteiger partial charge on any atom is -0.371 e. The number of hydrogen-bond acceptors (Lipinski definition) is 2. The van der Waals surface area contributed by atoms with Crippen molar-refractivity contribution in [1.82, 2.24) is 5.32 Å². The van der Waals surface area contributed by atoms with Crippen LogP contribution in [-0.2, 0) is 6.54 Å². The maximum absolute atomic E-state index is 3.49. The summed E-state index contributed by atoms with van der Waals surface area (Å²) < 4.78 is 0. The van der Waals surface area contributed by atoms with Crippen molar-refractivity contribution in [3.63, 3.8) is 0 Å². The smallest absolute Gasteiger partial charge is 0.0405 e. The molecule has 1 fully saturated rings. The zero-order valence-electron chi connectivity index (χ0n) is 10.00. The third kappa shape index (κ3) is 1.61. The third-order valence-corrected chi connectivity index (χ3v) is 3.88. The quantitative estimate of drug-likeness (QED) is 0.776. The molecule has 16 heavy (non-hydrogen) atoms. The number of fused-ring (bicyclic) bond motifs is 1. The average Bonchev–Trinajstić information content (AvgIpc) is 2.82. The first-order valence-corrected chi connectivity index (χ1v) is 6.44. The van der Waals surface area contributed by atoms with Crippen LogP contribution in [0.3, 0.4) is 0 Å². The zero-order chi connectivity index (χ0) is 11.0. The van der Waals surface area contributed by atoms with Crippen LogP contribution >= 0.6 is 0 Å². The van der Waals surface area contributed by atoms with Gasteiger partial charge < -0.3 is 10.2 Å². The molecule has 86 valence electrons. The second kappa shape index (κ2) is 4.10. The Balaban J connectivity index is 2.03. The first kappa shape index (κ1) is 10.2. The van der Waals surface area contributed by atoms with Crippen LogP contribution in [-0.4, -0.2) is 19.6 Å². The Labute approximate surface area is 97.6 Å². The topological polar surface area (TPSA) is 15.3 Å². The molecule has 0 spiro atoms. The van der Waals surface area contributed by atoms with Crippen molar-refractivity contribution in [3.8, 4) is 0 Å². The fraction of sp³-hybridized carbons (Fsp3) is 0.571. The first-order valence-electron chi connectivity index (χ1n) is 6.44. The number of rotatable bonds is 1. The molecule has 0 aromatic heterocycles. The molecule has 2 heterocycles. The summed E-state index contributed by atoms with van der Waals surface area (Å²) in [5.41, 5.74) is 4.61. The van der Waals surface area contributed by atoms with Gasteiger partial charge >= 0.3 is 0 Å². The highest BCUT2D eigenvalue weighted by atomic mass is 15.1. The van der Waals surface area contributed by atoms with E-state index in [-0.39, 0.29) is 0 Å². The van der Waals surface area contributed by atoms with E-state index in [2.05, 4.69) is 35.3 Å². The summed E-state index contributed by atoms with van der Waals surface area (Å²) in [7, 11) is 0. The van der Waals surface area contributed by atoms with Crippen LogP contribution in [0.25, 0.3) is 0 Å². The summed E-state index contributed by atoms with van der Waals surface area (Å²) in [6.07, 6.45) is 2.71. The van der Waals surface area contributed by atoms with E-state index in [4.69, 9.17) is 0 Å². The van der Waals surface area contributed by atoms with E-state index in [1.165, 1.54) is 37.2 Å². The molecule has 2 nitrogen and oxygen atoms in total. The number of hydrogen-bond donors (Lipinski definition) is 1. The van der Waals surface area contributed by atoms with E-state index in [1.807, 2.05) is 0 Å². The lowest BCUT2D eigenvalue weighted by molar-refractivity contribution is 0.570. The van der Waals surface area contributed by atoms with Crippen LogP contribution in [0.2, 0.25) is 0 Å². The molecule has 3 rings (SSSR count). The Kier molecular flexibility index (Phi) is 2.60. The fourth-order valence-corrected chi connectivity index (χ4v) is 3.08. The molecule has 0 bridgehead atoms. The van der Waals surface area contributed by atoms with E-state index in [1.54, 1.807) is 5.56 Å². The minimum atomic E-state index is 0.653. The lowest BCUT2D eigenvalue weighted by atomic mass is 9.90. The van der Waals surface area contributed by atoms with Gasteiger partial charge in [-0.05, 0) is 36.0 Å². The van der Waals surface area contributed by atoms with Crippen molar-refractivity contribution in [1.29, 1.82) is 0 Å². The minimum absolute atomic E-state index is 0.653. The summed E-state index contributed by atoms with van der Waals surface area (Å²) >= 11 is 0. The van der Waals surface area contributed by atoms with Gasteiger partial charge in [0.2, 0.25) is 0 Å². The molecular weight excluding hydrogens is 196 g/mol. The highest BCUT2D eigenvalue weighted by Crippen LogP contribution is 2.34. The molecule has 1 atom stereocenters. The Bertz CT molecular complexity index is 380. The fourth-order valence-electron chi connectivity index (χ4n) is 3.08. The highest BCUT2D eigenvalue weighted by molar-refractivity contribution is 5.59. The number of nitrogens with one attached hydrogen (secondary N) is 1. The van der Waals surface area contributed by atoms with Crippen molar-refractivity contribution in [3.05, 3.63) is 29.3 Å². The second-order valence-electron chi connectivity index (χ2n) is 5.08. The molecule has 1 aromatic carbocycles. The van der Waals surface area contributed by atoms with Crippen LogP contribution in [0.4, 0.5) is 5.69 Å². The predicted octanol–water partition coefficient (Wildman–Crippen LogP) is 2.49. The molecule has 2 heteroatoms. The van der Waals surface area contributed by atoms with Crippen molar-refractivity contribution in [2.45, 2.75) is 32.2 Å². The maximum atomic E-state index is 3.49. The molecule has 1 unspecified atom stereocenters. The SMILES string of the molecule is CC1CNCc2cccc(N3CCCC3)c21. The van der Waals surface area contributed by atoms with Gasteiger partial charge in [-0.2, -0.15) is 0 Å². The predicted molar refractivity (Wildman–Crippen MR) is 68.0 cm³/mol. The molecule has 0 saturated carbocycles. The Morgan fingerprint density at radius 1 is 1.25 bits per heavy atom. The molecule has 2 aliphatic heterocycles. The maximum Gasteiger partial charge on any atom is 0.0405 e. The molecule has 0 radical (unpaired) electrons. The van der Waals surface area contributed by atoms with E-state index in [9.17, 15) is 0 Å². The van der Waals surface area contributed by atoms with Gasteiger partial charge in [0.05, 0.1) is 0 Å². The van der Waals surface area contributed by atoms with Gasteiger partial charge in [0, 0.05) is 31.9 Å². The standard InChI is InChI=1S/C14H20N2/c1-11-9-15-10-12-5-4-6-13(14(11)12)16-7-2-3-8-16/h4-6,11,15H,2-3,7-10H2,1H3. The lowest BCUT2D eigenvalue weighted by Crippen LogP contribution is -2.29. The molecule has 1 N–H and O–H groups in total. The van der Waals surface area contributed by atoms with E-state index in [0.717, 1.165) is 13.1 Å². The van der Waals surface area contributed by atoms with Crippen molar-refractivity contribution < 1.29 is 0 Å². The van der Waals surface area contributed by atoms with Crippen LogP contribution in [0.1, 0.15) is 36.8 Å². The van der Waals surface area contributed by atoms with E-state index < -0.39 is 0 Å². The van der Waals surface area contributed by atoms with Crippen molar-refractivity contribution >= 4 is 5.69 Å². The van der Waals surface area contributed by atoms with Gasteiger partial charge in [0.25, 0.3) is 0 Å². The third-order valence-electron chi connectivity index (χ3n) is 3.88. The van der Waals surface area contributed by atoms with Crippen molar-refractivity contribution in [2.24, 2.45) is 0 Å². The van der Waals surface area contributed by atoms with E-state index >= 15 is 0 Å². The van der Waals surface area contributed by atoms with Gasteiger partial charge in [0.15, 0.2) is 0 Å². The summed E-state index contributed by atoms with van der Waals surface area (Å²) in [5, 5.41) is 3.49. The molecule has 2 aliphatic rings. The second-order valence-corrected chi connectivity index (χ2v) is 5.08. The summed E-state index contributed by atoms with van der Waals surface area (Å²) in [6, 6.07) is 6.80. The van der Waals surface area contributed by atoms with Crippen LogP contribution in [0, 0.1) is 0 Å². The van der Waals surface area contributed by atoms with Crippen LogP contribution in [0.5, 0.6) is 0 Å². The number of nitrogens with zero attached hydrogens (tertiary/aromatic N) is 1. The largest absolute Gasteiger partial charge is 0.371 e. The Hall–Kier alpha value is -1.02. The van der Waals surface area contributed by atoms with Gasteiger partial charge in [-0.3, -0.25) is 0 Å². The summed E-state index contributed by atoms with van der Waals surface area (Å²) in [4.78, 5) is 2.57.